The highest BCUT2D eigenvalue weighted by molar-refractivity contribution is 7.79. The number of hydrogen-bond acceptors (Lipinski definition) is 3. The predicted molar refractivity (Wildman–Crippen MR) is 33.2 cm³/mol. The van der Waals surface area contributed by atoms with E-state index in [2.05, 4.69) is 23.4 Å². The molecule has 0 saturated heterocycles. The van der Waals surface area contributed by atoms with Crippen LogP contribution >= 0.6 is 12.2 Å². The molecule has 0 bridgehead atoms. The summed E-state index contributed by atoms with van der Waals surface area (Å²) in [6.45, 7) is 0. The third-order valence-electron chi connectivity index (χ3n) is 0.423. The third kappa shape index (κ3) is 3.32. The van der Waals surface area contributed by atoms with Gasteiger partial charge in [0.05, 0.1) is 6.42 Å². The molecule has 0 aromatic heterocycles. The van der Waals surface area contributed by atoms with Gasteiger partial charge in [0.2, 0.25) is 0 Å². The molecule has 0 saturated carbocycles. The van der Waals surface area contributed by atoms with Crippen LogP contribution in [0.1, 0.15) is 6.42 Å². The van der Waals surface area contributed by atoms with Gasteiger partial charge in [0.1, 0.15) is 6.11 Å². The second kappa shape index (κ2) is 4.28. The summed E-state index contributed by atoms with van der Waals surface area (Å²) in [6.07, 6.45) is 6.45. The van der Waals surface area contributed by atoms with E-state index in [9.17, 15) is 4.79 Å². The molecule has 0 radical (unpaired) electrons. The van der Waals surface area contributed by atoms with Crippen LogP contribution in [-0.4, -0.2) is 11.3 Å². The first-order valence-corrected chi connectivity index (χ1v) is 2.37. The molecule has 0 rings (SSSR count). The van der Waals surface area contributed by atoms with Gasteiger partial charge in [-0.25, -0.2) is 0 Å². The largest absolute Gasteiger partial charge is 0.372 e. The number of ether oxygens (including phenoxy) is 1. The number of esters is 1. The standard InChI is InChI=1S/C5H4O2S/c1-2-7-5(6)3-4-8/h1,4H,3H2. The minimum Gasteiger partial charge on any atom is -0.372 e. The molecule has 0 atom stereocenters. The van der Waals surface area contributed by atoms with Crippen molar-refractivity contribution in [3.8, 4) is 12.5 Å². The van der Waals surface area contributed by atoms with Crippen LogP contribution in [0.15, 0.2) is 0 Å². The third-order valence-corrected chi connectivity index (χ3v) is 0.589. The lowest BCUT2D eigenvalue weighted by Gasteiger charge is -1.85. The maximum absolute atomic E-state index is 10.2. The summed E-state index contributed by atoms with van der Waals surface area (Å²) >= 11 is 4.35. The van der Waals surface area contributed by atoms with Crippen LogP contribution in [0.2, 0.25) is 0 Å². The average molecular weight is 128 g/mol. The molecule has 0 aromatic carbocycles. The number of hydrogen-bond donors (Lipinski definition) is 0. The summed E-state index contributed by atoms with van der Waals surface area (Å²) < 4.78 is 4.07. The van der Waals surface area contributed by atoms with Gasteiger partial charge in [0.15, 0.2) is 0 Å². The zero-order chi connectivity index (χ0) is 6.41. The van der Waals surface area contributed by atoms with Crippen molar-refractivity contribution < 1.29 is 9.53 Å². The maximum atomic E-state index is 10.2. The Labute approximate surface area is 52.8 Å². The lowest BCUT2D eigenvalue weighted by Crippen LogP contribution is -1.98. The maximum Gasteiger partial charge on any atom is 0.324 e. The van der Waals surface area contributed by atoms with Crippen LogP contribution in [0.25, 0.3) is 0 Å². The topological polar surface area (TPSA) is 26.3 Å². The Morgan fingerprint density at radius 1 is 2.00 bits per heavy atom. The van der Waals surface area contributed by atoms with Crippen LogP contribution < -0.4 is 0 Å². The van der Waals surface area contributed by atoms with Gasteiger partial charge >= 0.3 is 5.97 Å². The second-order valence-electron chi connectivity index (χ2n) is 0.963. The van der Waals surface area contributed by atoms with Gasteiger partial charge in [-0.15, -0.1) is 0 Å². The number of rotatable bonds is 2. The van der Waals surface area contributed by atoms with Crippen LogP contribution in [0, 0.1) is 12.5 Å². The smallest absolute Gasteiger partial charge is 0.324 e. The molecular formula is C5H4O2S. The van der Waals surface area contributed by atoms with Gasteiger partial charge in [-0.05, 0) is 5.37 Å². The second-order valence-corrected chi connectivity index (χ2v) is 1.30. The summed E-state index contributed by atoms with van der Waals surface area (Å²) in [5.41, 5.74) is 0. The molecule has 0 spiro atoms. The summed E-state index contributed by atoms with van der Waals surface area (Å²) in [6, 6.07) is 0. The van der Waals surface area contributed by atoms with Gasteiger partial charge in [-0.2, -0.15) is 0 Å². The Morgan fingerprint density at radius 2 is 2.62 bits per heavy atom. The van der Waals surface area contributed by atoms with E-state index < -0.39 is 5.97 Å². The molecule has 0 unspecified atom stereocenters. The first kappa shape index (κ1) is 7.12. The normalized spacial score (nSPS) is 6.88. The van der Waals surface area contributed by atoms with Gasteiger partial charge in [-0.3, -0.25) is 4.79 Å². The van der Waals surface area contributed by atoms with Crippen molar-refractivity contribution in [1.82, 2.24) is 0 Å². The van der Waals surface area contributed by atoms with Crippen molar-refractivity contribution >= 4 is 23.6 Å². The van der Waals surface area contributed by atoms with Crippen LogP contribution in [0.4, 0.5) is 0 Å². The zero-order valence-electron chi connectivity index (χ0n) is 4.09. The highest BCUT2D eigenvalue weighted by atomic mass is 32.1. The van der Waals surface area contributed by atoms with Gasteiger partial charge in [-0.1, -0.05) is 18.6 Å². The molecule has 0 aliphatic rings. The molecule has 0 aliphatic heterocycles. The Bertz CT molecular complexity index is 134. The molecule has 0 fully saturated rings. The molecule has 2 nitrogen and oxygen atoms in total. The minimum absolute atomic E-state index is 0.0968. The van der Waals surface area contributed by atoms with Gasteiger partial charge < -0.3 is 4.74 Å². The summed E-state index contributed by atoms with van der Waals surface area (Å²) in [5, 5.41) is 1.26. The lowest BCUT2D eigenvalue weighted by atomic mass is 10.5. The highest BCUT2D eigenvalue weighted by Gasteiger charge is 1.93. The molecule has 8 heavy (non-hydrogen) atoms. The molecule has 0 aromatic rings. The Kier molecular flexibility index (Phi) is 3.81. The highest BCUT2D eigenvalue weighted by Crippen LogP contribution is 1.78. The monoisotopic (exact) mass is 128 g/mol. The van der Waals surface area contributed by atoms with Crippen molar-refractivity contribution in [2.24, 2.45) is 0 Å². The lowest BCUT2D eigenvalue weighted by molar-refractivity contribution is -0.135. The van der Waals surface area contributed by atoms with Gasteiger partial charge in [0.25, 0.3) is 0 Å². The quantitative estimate of drug-likeness (QED) is 0.308. The molecular weight excluding hydrogens is 124 g/mol. The van der Waals surface area contributed by atoms with Crippen molar-refractivity contribution in [3.63, 3.8) is 0 Å². The molecule has 3 heteroatoms. The van der Waals surface area contributed by atoms with E-state index in [0.717, 1.165) is 0 Å². The van der Waals surface area contributed by atoms with E-state index >= 15 is 0 Å². The summed E-state index contributed by atoms with van der Waals surface area (Å²) in [4.78, 5) is 10.2. The van der Waals surface area contributed by atoms with Crippen molar-refractivity contribution in [3.05, 3.63) is 0 Å². The van der Waals surface area contributed by atoms with E-state index in [1.807, 2.05) is 0 Å². The van der Waals surface area contributed by atoms with Crippen molar-refractivity contribution in [2.45, 2.75) is 6.42 Å². The van der Waals surface area contributed by atoms with Crippen LogP contribution in [0.5, 0.6) is 0 Å². The van der Waals surface area contributed by atoms with E-state index in [0.29, 0.717) is 0 Å². The average Bonchev–Trinajstić information content (AvgIpc) is 1.68. The number of carbonyl (C=O) groups is 1. The first-order chi connectivity index (χ1) is 3.81. The fraction of sp³-hybridized carbons (Fsp3) is 0.200. The van der Waals surface area contributed by atoms with Gasteiger partial charge in [0, 0.05) is 0 Å². The molecule has 0 aliphatic carbocycles. The van der Waals surface area contributed by atoms with E-state index in [-0.39, 0.29) is 6.42 Å². The van der Waals surface area contributed by atoms with E-state index in [1.165, 1.54) is 5.37 Å². The van der Waals surface area contributed by atoms with E-state index in [1.54, 1.807) is 6.11 Å². The molecule has 0 N–H and O–H groups in total. The predicted octanol–water partition coefficient (Wildman–Crippen LogP) is 0.510. The van der Waals surface area contributed by atoms with E-state index in [4.69, 9.17) is 0 Å². The molecule has 0 heterocycles. The Balaban J connectivity index is 3.36. The Hall–Kier alpha value is -0.880. The molecule has 0 amide bonds. The van der Waals surface area contributed by atoms with Crippen LogP contribution in [-0.2, 0) is 9.53 Å². The SMILES string of the molecule is C#COC(=O)CC=S. The first-order valence-electron chi connectivity index (χ1n) is 1.90. The van der Waals surface area contributed by atoms with Crippen molar-refractivity contribution in [1.29, 1.82) is 0 Å². The minimum atomic E-state index is -0.484. The van der Waals surface area contributed by atoms with Crippen molar-refractivity contribution in [2.75, 3.05) is 0 Å². The zero-order valence-corrected chi connectivity index (χ0v) is 4.90. The Morgan fingerprint density at radius 3 is 3.00 bits per heavy atom. The fourth-order valence-electron chi connectivity index (χ4n) is 0.175. The number of terminal acetylenes is 1. The molecule has 42 valence electrons. The fourth-order valence-corrected chi connectivity index (χ4v) is 0.312. The number of carbonyl (C=O) groups excluding carboxylic acids is 1. The van der Waals surface area contributed by atoms with Crippen LogP contribution in [0.3, 0.4) is 0 Å². The summed E-state index contributed by atoms with van der Waals surface area (Å²) in [7, 11) is 0. The number of thiocarbonyl (C=S) groups is 1. The summed E-state index contributed by atoms with van der Waals surface area (Å²) in [5.74, 6) is -0.484.